The smallest absolute Gasteiger partial charge is 0.306 e. The van der Waals surface area contributed by atoms with Crippen molar-refractivity contribution >= 4 is 11.9 Å². The van der Waals surface area contributed by atoms with Crippen LogP contribution in [0.1, 0.15) is 36.0 Å². The summed E-state index contributed by atoms with van der Waals surface area (Å²) in [5.74, 6) is -5.41. The summed E-state index contributed by atoms with van der Waals surface area (Å²) >= 11 is 0. The first kappa shape index (κ1) is 15.2. The number of hydrogen-bond acceptors (Lipinski definition) is 3. The van der Waals surface area contributed by atoms with Crippen molar-refractivity contribution in [1.82, 2.24) is 5.32 Å². The topological polar surface area (TPSA) is 86.6 Å². The highest BCUT2D eigenvalue weighted by Gasteiger charge is 2.27. The van der Waals surface area contributed by atoms with Gasteiger partial charge < -0.3 is 15.5 Å². The Morgan fingerprint density at radius 2 is 1.62 bits per heavy atom. The molecule has 1 saturated carbocycles. The fraction of sp³-hybridized carbons (Fsp3) is 0.429. The number of phenolic OH excluding ortho intramolecular Hbond substituents is 1. The summed E-state index contributed by atoms with van der Waals surface area (Å²) in [4.78, 5) is 22.7. The molecule has 0 unspecified atom stereocenters. The fourth-order valence-corrected chi connectivity index (χ4v) is 2.45. The van der Waals surface area contributed by atoms with E-state index in [-0.39, 0.29) is 11.6 Å². The van der Waals surface area contributed by atoms with Gasteiger partial charge in [0, 0.05) is 11.6 Å². The first-order chi connectivity index (χ1) is 9.88. The van der Waals surface area contributed by atoms with E-state index in [1.807, 2.05) is 0 Å². The van der Waals surface area contributed by atoms with Crippen LogP contribution in [-0.4, -0.2) is 28.1 Å². The molecule has 0 aliphatic heterocycles. The van der Waals surface area contributed by atoms with Crippen molar-refractivity contribution in [2.45, 2.75) is 31.7 Å². The maximum Gasteiger partial charge on any atom is 0.306 e. The average molecular weight is 299 g/mol. The second-order valence-corrected chi connectivity index (χ2v) is 5.15. The number of carbonyl (C=O) groups is 2. The van der Waals surface area contributed by atoms with Crippen molar-refractivity contribution in [3.05, 3.63) is 29.3 Å². The van der Waals surface area contributed by atoms with E-state index in [0.29, 0.717) is 25.7 Å². The summed E-state index contributed by atoms with van der Waals surface area (Å²) in [5, 5.41) is 20.5. The molecular formula is C14H15F2NO4. The predicted octanol–water partition coefficient (Wildman–Crippen LogP) is 2.04. The number of rotatable bonds is 3. The third-order valence-electron chi connectivity index (χ3n) is 3.69. The molecule has 114 valence electrons. The molecular weight excluding hydrogens is 284 g/mol. The van der Waals surface area contributed by atoms with E-state index in [9.17, 15) is 18.4 Å². The molecule has 1 aromatic rings. The molecule has 0 bridgehead atoms. The molecule has 5 nitrogen and oxygen atoms in total. The van der Waals surface area contributed by atoms with Crippen molar-refractivity contribution in [3.8, 4) is 5.75 Å². The average Bonchev–Trinajstić information content (AvgIpc) is 2.44. The lowest BCUT2D eigenvalue weighted by molar-refractivity contribution is -0.142. The molecule has 0 spiro atoms. The zero-order valence-corrected chi connectivity index (χ0v) is 11.1. The molecule has 1 aliphatic carbocycles. The minimum absolute atomic E-state index is 0.215. The second-order valence-electron chi connectivity index (χ2n) is 5.15. The summed E-state index contributed by atoms with van der Waals surface area (Å²) in [6, 6.07) is 1.31. The Labute approximate surface area is 119 Å². The van der Waals surface area contributed by atoms with E-state index in [1.54, 1.807) is 0 Å². The predicted molar refractivity (Wildman–Crippen MR) is 68.9 cm³/mol. The number of halogens is 2. The van der Waals surface area contributed by atoms with E-state index < -0.39 is 35.2 Å². The first-order valence-electron chi connectivity index (χ1n) is 6.60. The van der Waals surface area contributed by atoms with E-state index >= 15 is 0 Å². The van der Waals surface area contributed by atoms with Crippen molar-refractivity contribution in [1.29, 1.82) is 0 Å². The number of amides is 1. The van der Waals surface area contributed by atoms with Crippen molar-refractivity contribution in [2.24, 2.45) is 5.92 Å². The van der Waals surface area contributed by atoms with Gasteiger partial charge >= 0.3 is 5.97 Å². The van der Waals surface area contributed by atoms with Gasteiger partial charge in [-0.15, -0.1) is 0 Å². The van der Waals surface area contributed by atoms with Gasteiger partial charge in [0.15, 0.2) is 17.4 Å². The Morgan fingerprint density at radius 1 is 1.10 bits per heavy atom. The van der Waals surface area contributed by atoms with Gasteiger partial charge in [-0.1, -0.05) is 0 Å². The van der Waals surface area contributed by atoms with Gasteiger partial charge in [-0.05, 0) is 37.8 Å². The van der Waals surface area contributed by atoms with Crippen LogP contribution in [0.2, 0.25) is 0 Å². The van der Waals surface area contributed by atoms with Gasteiger partial charge in [-0.3, -0.25) is 9.59 Å². The Bertz CT molecular complexity index is 545. The normalized spacial score (nSPS) is 21.8. The molecule has 0 saturated heterocycles. The molecule has 0 radical (unpaired) electrons. The van der Waals surface area contributed by atoms with Crippen LogP contribution in [0.3, 0.4) is 0 Å². The van der Waals surface area contributed by atoms with Gasteiger partial charge in [0.2, 0.25) is 0 Å². The maximum absolute atomic E-state index is 13.2. The Hall–Kier alpha value is -2.18. The van der Waals surface area contributed by atoms with E-state index in [1.165, 1.54) is 0 Å². The molecule has 21 heavy (non-hydrogen) atoms. The fourth-order valence-electron chi connectivity index (χ4n) is 2.45. The first-order valence-corrected chi connectivity index (χ1v) is 6.60. The van der Waals surface area contributed by atoms with Crippen molar-refractivity contribution in [2.75, 3.05) is 0 Å². The number of carboxylic acids is 1. The van der Waals surface area contributed by atoms with Gasteiger partial charge in [0.25, 0.3) is 5.91 Å². The van der Waals surface area contributed by atoms with Gasteiger partial charge in [0.1, 0.15) is 0 Å². The van der Waals surface area contributed by atoms with E-state index in [4.69, 9.17) is 10.2 Å². The Kier molecular flexibility index (Phi) is 4.40. The van der Waals surface area contributed by atoms with Crippen LogP contribution in [0, 0.1) is 17.6 Å². The van der Waals surface area contributed by atoms with Crippen LogP contribution >= 0.6 is 0 Å². The molecule has 1 amide bonds. The number of aliphatic carboxylic acids is 1. The minimum Gasteiger partial charge on any atom is -0.503 e. The number of carbonyl (C=O) groups excluding carboxylic acids is 1. The molecule has 2 rings (SSSR count). The van der Waals surface area contributed by atoms with Crippen LogP contribution < -0.4 is 5.32 Å². The van der Waals surface area contributed by atoms with E-state index in [0.717, 1.165) is 12.1 Å². The number of aromatic hydroxyl groups is 1. The highest BCUT2D eigenvalue weighted by molar-refractivity contribution is 5.94. The van der Waals surface area contributed by atoms with Gasteiger partial charge in [-0.25, -0.2) is 8.78 Å². The summed E-state index contributed by atoms with van der Waals surface area (Å²) in [7, 11) is 0. The second kappa shape index (κ2) is 6.07. The van der Waals surface area contributed by atoms with Crippen LogP contribution in [0.4, 0.5) is 8.78 Å². The molecule has 1 fully saturated rings. The number of nitrogens with one attached hydrogen (secondary N) is 1. The zero-order chi connectivity index (χ0) is 15.6. The largest absolute Gasteiger partial charge is 0.503 e. The highest BCUT2D eigenvalue weighted by atomic mass is 19.1. The molecule has 1 aliphatic rings. The molecule has 0 atom stereocenters. The lowest BCUT2D eigenvalue weighted by Gasteiger charge is -2.26. The number of hydrogen-bond donors (Lipinski definition) is 3. The monoisotopic (exact) mass is 299 g/mol. The summed E-state index contributed by atoms with van der Waals surface area (Å²) < 4.78 is 26.4. The SMILES string of the molecule is O=C(NC1CCC(C(=O)O)CC1)c1cc(F)c(O)c(F)c1. The minimum atomic E-state index is -1.20. The standard InChI is InChI=1S/C14H15F2NO4/c15-10-5-8(6-11(16)12(10)18)13(19)17-9-3-1-7(2-4-9)14(20)21/h5-7,9,18H,1-4H2,(H,17,19)(H,20,21). The quantitative estimate of drug-likeness (QED) is 0.797. The van der Waals surface area contributed by atoms with Crippen molar-refractivity contribution < 1.29 is 28.6 Å². The Balaban J connectivity index is 1.98. The van der Waals surface area contributed by atoms with E-state index in [2.05, 4.69) is 5.32 Å². The highest BCUT2D eigenvalue weighted by Crippen LogP contribution is 2.25. The third-order valence-corrected chi connectivity index (χ3v) is 3.69. The van der Waals surface area contributed by atoms with Crippen LogP contribution in [0.15, 0.2) is 12.1 Å². The van der Waals surface area contributed by atoms with Gasteiger partial charge in [-0.2, -0.15) is 0 Å². The summed E-state index contributed by atoms with van der Waals surface area (Å²) in [6.07, 6.45) is 1.93. The number of carboxylic acid groups (broad SMARTS) is 1. The van der Waals surface area contributed by atoms with Gasteiger partial charge in [0.05, 0.1) is 5.92 Å². The lowest BCUT2D eigenvalue weighted by Crippen LogP contribution is -2.38. The van der Waals surface area contributed by atoms with Crippen LogP contribution in [0.5, 0.6) is 5.75 Å². The molecule has 0 aromatic heterocycles. The molecule has 0 heterocycles. The summed E-state index contributed by atoms with van der Waals surface area (Å²) in [5.41, 5.74) is -0.219. The van der Waals surface area contributed by atoms with Crippen LogP contribution in [-0.2, 0) is 4.79 Å². The van der Waals surface area contributed by atoms with Crippen LogP contribution in [0.25, 0.3) is 0 Å². The van der Waals surface area contributed by atoms with Crippen molar-refractivity contribution in [3.63, 3.8) is 0 Å². The Morgan fingerprint density at radius 3 is 2.10 bits per heavy atom. The molecule has 3 N–H and O–H groups in total. The lowest BCUT2D eigenvalue weighted by atomic mass is 9.86. The number of phenols is 1. The number of benzene rings is 1. The molecule has 1 aromatic carbocycles. The zero-order valence-electron chi connectivity index (χ0n) is 11.1. The maximum atomic E-state index is 13.2. The third kappa shape index (κ3) is 3.48. The summed E-state index contributed by atoms with van der Waals surface area (Å²) in [6.45, 7) is 0. The molecule has 7 heteroatoms.